The molecular formula is C31H43F2N3. The molecule has 2 heterocycles. The summed E-state index contributed by atoms with van der Waals surface area (Å²) in [6.45, 7) is 15.1. The number of hydrogen-bond donors (Lipinski definition) is 1. The van der Waals surface area contributed by atoms with Crippen molar-refractivity contribution < 1.29 is 8.78 Å². The molecule has 2 aliphatic heterocycles. The fraction of sp³-hybridized carbons (Fsp3) is 0.484. The average Bonchev–Trinajstić information content (AvgIpc) is 3.38. The molecular weight excluding hydrogens is 452 g/mol. The zero-order chi connectivity index (χ0) is 26.1. The lowest BCUT2D eigenvalue weighted by Crippen LogP contribution is -2.41. The van der Waals surface area contributed by atoms with Gasteiger partial charge in [-0.3, -0.25) is 0 Å². The minimum atomic E-state index is -1.11. The van der Waals surface area contributed by atoms with Crippen LogP contribution in [0.4, 0.5) is 8.78 Å². The van der Waals surface area contributed by atoms with E-state index >= 15 is 0 Å². The number of aryl methyl sites for hydroxylation is 1. The second-order valence-electron chi connectivity index (χ2n) is 10.7. The molecule has 0 radical (unpaired) electrons. The summed E-state index contributed by atoms with van der Waals surface area (Å²) in [6, 6.07) is 14.1. The smallest absolute Gasteiger partial charge is 0.133 e. The number of benzene rings is 2. The Bertz CT molecular complexity index is 980. The summed E-state index contributed by atoms with van der Waals surface area (Å²) >= 11 is 0. The van der Waals surface area contributed by atoms with Crippen LogP contribution >= 0.6 is 0 Å². The zero-order valence-corrected chi connectivity index (χ0v) is 22.1. The Balaban J connectivity index is 0.00000115. The third-order valence-corrected chi connectivity index (χ3v) is 7.20. The van der Waals surface area contributed by atoms with Gasteiger partial charge in [0.2, 0.25) is 0 Å². The van der Waals surface area contributed by atoms with E-state index in [0.29, 0.717) is 18.0 Å². The molecule has 0 bridgehead atoms. The van der Waals surface area contributed by atoms with E-state index in [2.05, 4.69) is 53.0 Å². The van der Waals surface area contributed by atoms with Crippen LogP contribution in [-0.4, -0.2) is 48.2 Å². The molecule has 0 atom stereocenters. The van der Waals surface area contributed by atoms with E-state index in [0.717, 1.165) is 75.1 Å². The number of nitrogens with two attached hydrogens (primary N) is 1. The standard InChI is InChI=1S/C29H38F2N2.C2H5N/c1-22(33-16-4-5-17-33)27-13-12-26(20-28(27)30)25-10-8-23(9-11-25)6-7-24-14-18-32(19-15-24)21-29(2,3)31;1-2-3/h8-13,20,24H,1,4-7,14-19,21H2,2-3H3;2H,1,3H2. The lowest BCUT2D eigenvalue weighted by Gasteiger charge is -2.34. The van der Waals surface area contributed by atoms with Gasteiger partial charge in [-0.1, -0.05) is 43.5 Å². The van der Waals surface area contributed by atoms with Gasteiger partial charge in [0.05, 0.1) is 0 Å². The summed E-state index contributed by atoms with van der Waals surface area (Å²) in [5.41, 5.74) is 8.17. The highest BCUT2D eigenvalue weighted by Crippen LogP contribution is 2.29. The molecule has 2 saturated heterocycles. The highest BCUT2D eigenvalue weighted by Gasteiger charge is 2.25. The van der Waals surface area contributed by atoms with Gasteiger partial charge in [-0.25, -0.2) is 8.78 Å². The van der Waals surface area contributed by atoms with Gasteiger partial charge >= 0.3 is 0 Å². The molecule has 0 spiro atoms. The van der Waals surface area contributed by atoms with Gasteiger partial charge in [0.15, 0.2) is 0 Å². The SMILES string of the molecule is C=C(c1ccc(-c2ccc(CCC3CCN(CC(C)(C)F)CC3)cc2)cc1F)N1CCCC1.C=CN. The van der Waals surface area contributed by atoms with Crippen molar-refractivity contribution in [2.24, 2.45) is 11.7 Å². The number of halogens is 2. The van der Waals surface area contributed by atoms with Crippen LogP contribution in [0.1, 0.15) is 57.1 Å². The Labute approximate surface area is 216 Å². The molecule has 0 aliphatic carbocycles. The largest absolute Gasteiger partial charge is 0.405 e. The Kier molecular flexibility index (Phi) is 10.1. The lowest BCUT2D eigenvalue weighted by molar-refractivity contribution is 0.0943. The number of alkyl halides is 1. The summed E-state index contributed by atoms with van der Waals surface area (Å²) in [5, 5.41) is 0. The van der Waals surface area contributed by atoms with Crippen LogP contribution in [0.25, 0.3) is 16.8 Å². The van der Waals surface area contributed by atoms with Crippen molar-refractivity contribution in [1.82, 2.24) is 9.80 Å². The Morgan fingerprint density at radius 2 is 1.61 bits per heavy atom. The van der Waals surface area contributed by atoms with Crippen molar-refractivity contribution in [2.45, 2.75) is 58.0 Å². The lowest BCUT2D eigenvalue weighted by atomic mass is 9.90. The number of likely N-dealkylation sites (tertiary alicyclic amines) is 2. The van der Waals surface area contributed by atoms with Gasteiger partial charge in [-0.2, -0.15) is 0 Å². The highest BCUT2D eigenvalue weighted by atomic mass is 19.1. The van der Waals surface area contributed by atoms with Gasteiger partial charge in [0.1, 0.15) is 11.5 Å². The normalized spacial score (nSPS) is 16.9. The van der Waals surface area contributed by atoms with Crippen molar-refractivity contribution in [1.29, 1.82) is 0 Å². The Morgan fingerprint density at radius 3 is 2.17 bits per heavy atom. The van der Waals surface area contributed by atoms with Crippen molar-refractivity contribution in [3.8, 4) is 11.1 Å². The van der Waals surface area contributed by atoms with Crippen LogP contribution in [0.2, 0.25) is 0 Å². The number of hydrogen-bond acceptors (Lipinski definition) is 3. The summed E-state index contributed by atoms with van der Waals surface area (Å²) < 4.78 is 28.7. The Morgan fingerprint density at radius 1 is 1.03 bits per heavy atom. The van der Waals surface area contributed by atoms with Gasteiger partial charge in [0.25, 0.3) is 0 Å². The van der Waals surface area contributed by atoms with Crippen LogP contribution in [0, 0.1) is 11.7 Å². The first-order valence-electron chi connectivity index (χ1n) is 13.3. The molecule has 2 aromatic carbocycles. The fourth-order valence-corrected chi connectivity index (χ4v) is 5.29. The van der Waals surface area contributed by atoms with E-state index in [4.69, 9.17) is 0 Å². The molecule has 2 aromatic rings. The van der Waals surface area contributed by atoms with Crippen LogP contribution in [-0.2, 0) is 6.42 Å². The minimum absolute atomic E-state index is 0.198. The molecule has 4 rings (SSSR count). The van der Waals surface area contributed by atoms with Crippen molar-refractivity contribution >= 4 is 5.70 Å². The third-order valence-electron chi connectivity index (χ3n) is 7.20. The molecule has 36 heavy (non-hydrogen) atoms. The first-order chi connectivity index (χ1) is 17.2. The molecule has 0 aromatic heterocycles. The van der Waals surface area contributed by atoms with Crippen molar-refractivity contribution in [3.05, 3.63) is 78.8 Å². The van der Waals surface area contributed by atoms with Gasteiger partial charge < -0.3 is 15.5 Å². The second kappa shape index (κ2) is 13.0. The molecule has 0 unspecified atom stereocenters. The van der Waals surface area contributed by atoms with Crippen LogP contribution in [0.3, 0.4) is 0 Å². The predicted molar refractivity (Wildman–Crippen MR) is 149 cm³/mol. The van der Waals surface area contributed by atoms with E-state index in [9.17, 15) is 8.78 Å². The van der Waals surface area contributed by atoms with E-state index in [1.807, 2.05) is 12.1 Å². The molecule has 2 N–H and O–H groups in total. The molecule has 2 fully saturated rings. The van der Waals surface area contributed by atoms with Crippen molar-refractivity contribution in [2.75, 3.05) is 32.7 Å². The van der Waals surface area contributed by atoms with Gasteiger partial charge in [-0.05, 0) is 106 Å². The quantitative estimate of drug-likeness (QED) is 0.426. The number of nitrogens with zero attached hydrogens (tertiary/aromatic N) is 2. The van der Waals surface area contributed by atoms with Crippen LogP contribution < -0.4 is 5.73 Å². The number of piperidine rings is 1. The van der Waals surface area contributed by atoms with Crippen molar-refractivity contribution in [3.63, 3.8) is 0 Å². The summed E-state index contributed by atoms with van der Waals surface area (Å²) in [6.07, 6.45) is 8.10. The summed E-state index contributed by atoms with van der Waals surface area (Å²) in [5.74, 6) is 0.518. The Hall–Kier alpha value is -2.66. The minimum Gasteiger partial charge on any atom is -0.405 e. The third kappa shape index (κ3) is 8.19. The van der Waals surface area contributed by atoms with E-state index in [1.165, 1.54) is 18.2 Å². The molecule has 3 nitrogen and oxygen atoms in total. The molecule has 5 heteroatoms. The van der Waals surface area contributed by atoms with Gasteiger partial charge in [0, 0.05) is 30.9 Å². The second-order valence-corrected chi connectivity index (χ2v) is 10.7. The first kappa shape index (κ1) is 27.9. The average molecular weight is 496 g/mol. The summed E-state index contributed by atoms with van der Waals surface area (Å²) in [7, 11) is 0. The van der Waals surface area contributed by atoms with E-state index < -0.39 is 5.67 Å². The predicted octanol–water partition coefficient (Wildman–Crippen LogP) is 7.04. The molecule has 0 amide bonds. The van der Waals surface area contributed by atoms with Gasteiger partial charge in [-0.15, -0.1) is 0 Å². The highest BCUT2D eigenvalue weighted by molar-refractivity contribution is 5.69. The monoisotopic (exact) mass is 495 g/mol. The van der Waals surface area contributed by atoms with Crippen LogP contribution in [0.5, 0.6) is 0 Å². The van der Waals surface area contributed by atoms with Crippen LogP contribution in [0.15, 0.2) is 61.8 Å². The van der Waals surface area contributed by atoms with E-state index in [-0.39, 0.29) is 5.82 Å². The fourth-order valence-electron chi connectivity index (χ4n) is 5.29. The maximum absolute atomic E-state index is 14.9. The summed E-state index contributed by atoms with van der Waals surface area (Å²) in [4.78, 5) is 4.44. The maximum Gasteiger partial charge on any atom is 0.133 e. The molecule has 2 aliphatic rings. The zero-order valence-electron chi connectivity index (χ0n) is 22.1. The number of rotatable bonds is 8. The van der Waals surface area contributed by atoms with E-state index in [1.54, 1.807) is 19.9 Å². The maximum atomic E-state index is 14.9. The molecule has 0 saturated carbocycles. The molecule has 196 valence electrons. The first-order valence-corrected chi connectivity index (χ1v) is 13.3. The topological polar surface area (TPSA) is 32.5 Å².